The maximum atomic E-state index is 11.4. The van der Waals surface area contributed by atoms with E-state index in [1.165, 1.54) is 77.0 Å². The van der Waals surface area contributed by atoms with Crippen LogP contribution in [0.3, 0.4) is 0 Å². The van der Waals surface area contributed by atoms with Crippen LogP contribution in [0.15, 0.2) is 24.3 Å². The maximum Gasteiger partial charge on any atom is 0.0718 e. The number of carbonyl (C=O) groups excluding carboxylic acids is 1. The Morgan fingerprint density at radius 2 is 1.36 bits per heavy atom. The maximum absolute atomic E-state index is 11.4. The summed E-state index contributed by atoms with van der Waals surface area (Å²) >= 11 is 0. The number of carboxylic acids is 1. The van der Waals surface area contributed by atoms with E-state index in [1.807, 2.05) is 12.1 Å². The standard InChI is InChI=1S/C23H38O2/c1-3-5-7-9-10-12-16-20(15-11-8-6-4-2)19-21-17-13-14-18-22(21)23(24)25/h13-14,17-18,20H,3-12,15-16,19H2,1-2H3,(H,24,25)/p-1. The molecule has 0 saturated carbocycles. The van der Waals surface area contributed by atoms with Crippen molar-refractivity contribution in [2.75, 3.05) is 0 Å². The largest absolute Gasteiger partial charge is 0.545 e. The molecule has 0 bridgehead atoms. The molecule has 0 N–H and O–H groups in total. The van der Waals surface area contributed by atoms with Gasteiger partial charge in [-0.2, -0.15) is 0 Å². The Morgan fingerprint density at radius 3 is 1.96 bits per heavy atom. The molecule has 142 valence electrons. The average Bonchev–Trinajstić information content (AvgIpc) is 2.61. The Kier molecular flexibility index (Phi) is 12.1. The van der Waals surface area contributed by atoms with Gasteiger partial charge < -0.3 is 9.90 Å². The second-order valence-electron chi connectivity index (χ2n) is 7.42. The second kappa shape index (κ2) is 13.9. The minimum absolute atomic E-state index is 0.379. The van der Waals surface area contributed by atoms with E-state index in [0.717, 1.165) is 12.0 Å². The normalized spacial score (nSPS) is 12.2. The number of carboxylic acid groups (broad SMARTS) is 1. The van der Waals surface area contributed by atoms with E-state index in [0.29, 0.717) is 11.5 Å². The van der Waals surface area contributed by atoms with Gasteiger partial charge in [-0.25, -0.2) is 0 Å². The quantitative estimate of drug-likeness (QED) is 0.370. The molecule has 1 aromatic rings. The van der Waals surface area contributed by atoms with Gasteiger partial charge in [0.2, 0.25) is 0 Å². The average molecular weight is 346 g/mol. The van der Waals surface area contributed by atoms with Gasteiger partial charge in [0, 0.05) is 5.56 Å². The fraction of sp³-hybridized carbons (Fsp3) is 0.696. The molecule has 0 aromatic heterocycles. The minimum atomic E-state index is -1.04. The third-order valence-electron chi connectivity index (χ3n) is 5.18. The van der Waals surface area contributed by atoms with Gasteiger partial charge in [-0.1, -0.05) is 115 Å². The summed E-state index contributed by atoms with van der Waals surface area (Å²) in [7, 11) is 0. The molecule has 1 aromatic carbocycles. The molecule has 1 unspecified atom stereocenters. The van der Waals surface area contributed by atoms with E-state index in [9.17, 15) is 9.90 Å². The summed E-state index contributed by atoms with van der Waals surface area (Å²) in [6, 6.07) is 7.38. The molecule has 0 fully saturated rings. The molecule has 0 heterocycles. The van der Waals surface area contributed by atoms with Crippen molar-refractivity contribution < 1.29 is 9.90 Å². The Bertz CT molecular complexity index is 467. The predicted molar refractivity (Wildman–Crippen MR) is 105 cm³/mol. The van der Waals surface area contributed by atoms with Crippen LogP contribution in [-0.4, -0.2) is 5.97 Å². The zero-order valence-corrected chi connectivity index (χ0v) is 16.4. The molecule has 25 heavy (non-hydrogen) atoms. The van der Waals surface area contributed by atoms with Gasteiger partial charge in [0.25, 0.3) is 0 Å². The molecule has 0 aliphatic carbocycles. The fourth-order valence-electron chi connectivity index (χ4n) is 3.63. The van der Waals surface area contributed by atoms with Crippen molar-refractivity contribution in [2.24, 2.45) is 5.92 Å². The van der Waals surface area contributed by atoms with Crippen LogP contribution in [0.1, 0.15) is 107 Å². The highest BCUT2D eigenvalue weighted by Crippen LogP contribution is 2.24. The van der Waals surface area contributed by atoms with Crippen molar-refractivity contribution >= 4 is 5.97 Å². The van der Waals surface area contributed by atoms with E-state index in [2.05, 4.69) is 13.8 Å². The summed E-state index contributed by atoms with van der Waals surface area (Å²) in [5.41, 5.74) is 1.33. The van der Waals surface area contributed by atoms with Crippen LogP contribution in [0.4, 0.5) is 0 Å². The van der Waals surface area contributed by atoms with Crippen LogP contribution < -0.4 is 5.11 Å². The second-order valence-corrected chi connectivity index (χ2v) is 7.42. The van der Waals surface area contributed by atoms with E-state index in [-0.39, 0.29) is 0 Å². The molecule has 0 aliphatic rings. The van der Waals surface area contributed by atoms with Gasteiger partial charge in [-0.05, 0) is 17.9 Å². The predicted octanol–water partition coefficient (Wildman–Crippen LogP) is 5.93. The Labute approximate surface area is 155 Å². The zero-order valence-electron chi connectivity index (χ0n) is 16.4. The van der Waals surface area contributed by atoms with Crippen LogP contribution in [0.25, 0.3) is 0 Å². The van der Waals surface area contributed by atoms with Crippen molar-refractivity contribution in [3.05, 3.63) is 35.4 Å². The number of benzene rings is 1. The van der Waals surface area contributed by atoms with Crippen molar-refractivity contribution in [3.8, 4) is 0 Å². The smallest absolute Gasteiger partial charge is 0.0718 e. The lowest BCUT2D eigenvalue weighted by Gasteiger charge is -2.19. The summed E-state index contributed by atoms with van der Waals surface area (Å²) < 4.78 is 0. The molecule has 0 aliphatic heterocycles. The summed E-state index contributed by atoms with van der Waals surface area (Å²) in [6.45, 7) is 4.49. The highest BCUT2D eigenvalue weighted by Gasteiger charge is 2.12. The summed E-state index contributed by atoms with van der Waals surface area (Å²) in [5, 5.41) is 11.4. The number of hydrogen-bond acceptors (Lipinski definition) is 2. The summed E-state index contributed by atoms with van der Waals surface area (Å²) in [6.07, 6.45) is 16.4. The molecule has 2 nitrogen and oxygen atoms in total. The lowest BCUT2D eigenvalue weighted by atomic mass is 9.87. The lowest BCUT2D eigenvalue weighted by Crippen LogP contribution is -2.24. The Morgan fingerprint density at radius 1 is 0.840 bits per heavy atom. The third kappa shape index (κ3) is 9.67. The Balaban J connectivity index is 2.53. The molecule has 0 spiro atoms. The van der Waals surface area contributed by atoms with Crippen LogP contribution in [0.5, 0.6) is 0 Å². The molecule has 1 atom stereocenters. The first-order valence-electron chi connectivity index (χ1n) is 10.5. The summed E-state index contributed by atoms with van der Waals surface area (Å²) in [4.78, 5) is 11.4. The van der Waals surface area contributed by atoms with E-state index >= 15 is 0 Å². The topological polar surface area (TPSA) is 40.1 Å². The van der Waals surface area contributed by atoms with Gasteiger partial charge in [0.1, 0.15) is 0 Å². The van der Waals surface area contributed by atoms with Crippen LogP contribution in [0, 0.1) is 5.92 Å². The van der Waals surface area contributed by atoms with E-state index in [1.54, 1.807) is 12.1 Å². The molecular weight excluding hydrogens is 308 g/mol. The number of carbonyl (C=O) groups is 1. The highest BCUT2D eigenvalue weighted by molar-refractivity contribution is 5.87. The fourth-order valence-corrected chi connectivity index (χ4v) is 3.63. The SMILES string of the molecule is CCCCCCCCC(CCCCCC)Cc1ccccc1C(=O)[O-]. The van der Waals surface area contributed by atoms with Crippen molar-refractivity contribution in [2.45, 2.75) is 97.3 Å². The van der Waals surface area contributed by atoms with Crippen molar-refractivity contribution in [1.29, 1.82) is 0 Å². The minimum Gasteiger partial charge on any atom is -0.545 e. The van der Waals surface area contributed by atoms with Crippen molar-refractivity contribution in [3.63, 3.8) is 0 Å². The first kappa shape index (κ1) is 21.7. The third-order valence-corrected chi connectivity index (χ3v) is 5.18. The van der Waals surface area contributed by atoms with Gasteiger partial charge >= 0.3 is 0 Å². The molecule has 0 radical (unpaired) electrons. The highest BCUT2D eigenvalue weighted by atomic mass is 16.4. The molecule has 0 saturated heterocycles. The van der Waals surface area contributed by atoms with Crippen molar-refractivity contribution in [1.82, 2.24) is 0 Å². The van der Waals surface area contributed by atoms with Crippen LogP contribution in [0.2, 0.25) is 0 Å². The molecule has 0 amide bonds. The number of hydrogen-bond donors (Lipinski definition) is 0. The number of unbranched alkanes of at least 4 members (excludes halogenated alkanes) is 8. The monoisotopic (exact) mass is 345 g/mol. The van der Waals surface area contributed by atoms with Gasteiger partial charge in [0.05, 0.1) is 5.97 Å². The number of rotatable bonds is 15. The molecular formula is C23H37O2-. The van der Waals surface area contributed by atoms with E-state index in [4.69, 9.17) is 0 Å². The van der Waals surface area contributed by atoms with Gasteiger partial charge in [-0.15, -0.1) is 0 Å². The van der Waals surface area contributed by atoms with E-state index < -0.39 is 5.97 Å². The van der Waals surface area contributed by atoms with Crippen LogP contribution in [-0.2, 0) is 6.42 Å². The molecule has 2 heteroatoms. The first-order chi connectivity index (χ1) is 12.2. The van der Waals surface area contributed by atoms with Gasteiger partial charge in [0.15, 0.2) is 0 Å². The first-order valence-corrected chi connectivity index (χ1v) is 10.5. The lowest BCUT2D eigenvalue weighted by molar-refractivity contribution is -0.255. The summed E-state index contributed by atoms with van der Waals surface area (Å²) in [5.74, 6) is -0.441. The number of aromatic carboxylic acids is 1. The van der Waals surface area contributed by atoms with Gasteiger partial charge in [-0.3, -0.25) is 0 Å². The Hall–Kier alpha value is -1.31. The van der Waals surface area contributed by atoms with Crippen LogP contribution >= 0.6 is 0 Å². The molecule has 1 rings (SSSR count). The zero-order chi connectivity index (χ0) is 18.3.